The fraction of sp³-hybridized carbons (Fsp3) is 0.200. The van der Waals surface area contributed by atoms with Crippen LogP contribution in [0.3, 0.4) is 0 Å². The van der Waals surface area contributed by atoms with Crippen LogP contribution in [0.4, 0.5) is 5.69 Å². The number of anilines is 1. The van der Waals surface area contributed by atoms with Crippen LogP contribution in [0.15, 0.2) is 67.0 Å². The Hall–Kier alpha value is -2.53. The number of carbonyl (C=O) groups excluding carboxylic acids is 1. The van der Waals surface area contributed by atoms with Gasteiger partial charge in [-0.1, -0.05) is 37.3 Å². The molecule has 0 aliphatic heterocycles. The zero-order valence-corrected chi connectivity index (χ0v) is 15.0. The summed E-state index contributed by atoms with van der Waals surface area (Å²) in [6.07, 6.45) is 4.59. The van der Waals surface area contributed by atoms with Gasteiger partial charge in [0.25, 0.3) is 0 Å². The van der Waals surface area contributed by atoms with Crippen molar-refractivity contribution in [1.82, 2.24) is 9.78 Å². The molecular formula is C20H21N3OS. The molecule has 4 nitrogen and oxygen atoms in total. The molecular weight excluding hydrogens is 330 g/mol. The molecule has 0 radical (unpaired) electrons. The number of nitrogens with one attached hydrogen (secondary N) is 1. The maximum atomic E-state index is 12.1. The number of para-hydroxylation sites is 1. The van der Waals surface area contributed by atoms with Gasteiger partial charge in [-0.25, -0.2) is 4.68 Å². The van der Waals surface area contributed by atoms with Gasteiger partial charge in [0.1, 0.15) is 0 Å². The second kappa shape index (κ2) is 8.53. The highest BCUT2D eigenvalue weighted by molar-refractivity contribution is 7.99. The minimum atomic E-state index is 0.0408. The molecule has 0 fully saturated rings. The van der Waals surface area contributed by atoms with E-state index < -0.39 is 0 Å². The van der Waals surface area contributed by atoms with E-state index in [9.17, 15) is 4.79 Å². The number of aryl methyl sites for hydroxylation is 1. The third-order valence-corrected chi connectivity index (χ3v) is 4.88. The van der Waals surface area contributed by atoms with Gasteiger partial charge in [-0.3, -0.25) is 4.79 Å². The highest BCUT2D eigenvalue weighted by atomic mass is 32.2. The van der Waals surface area contributed by atoms with Crippen molar-refractivity contribution in [2.45, 2.75) is 19.1 Å². The summed E-state index contributed by atoms with van der Waals surface area (Å²) in [5.41, 5.74) is 4.31. The molecule has 1 heterocycles. The second-order valence-corrected chi connectivity index (χ2v) is 6.65. The molecule has 0 bridgehead atoms. The van der Waals surface area contributed by atoms with E-state index in [1.54, 1.807) is 18.0 Å². The molecule has 0 spiro atoms. The first kappa shape index (κ1) is 17.3. The Morgan fingerprint density at radius 2 is 1.92 bits per heavy atom. The Morgan fingerprint density at radius 3 is 2.64 bits per heavy atom. The van der Waals surface area contributed by atoms with Crippen LogP contribution in [-0.4, -0.2) is 21.4 Å². The van der Waals surface area contributed by atoms with Gasteiger partial charge in [-0.15, -0.1) is 11.8 Å². The summed E-state index contributed by atoms with van der Waals surface area (Å²) in [7, 11) is 0. The van der Waals surface area contributed by atoms with Crippen molar-refractivity contribution in [1.29, 1.82) is 0 Å². The van der Waals surface area contributed by atoms with E-state index in [1.165, 1.54) is 5.56 Å². The van der Waals surface area contributed by atoms with Crippen LogP contribution in [0, 0.1) is 0 Å². The van der Waals surface area contributed by atoms with Crippen molar-refractivity contribution in [2.75, 3.05) is 11.1 Å². The maximum absolute atomic E-state index is 12.1. The summed E-state index contributed by atoms with van der Waals surface area (Å²) in [6.45, 7) is 2.09. The van der Waals surface area contributed by atoms with Gasteiger partial charge < -0.3 is 5.32 Å². The minimum absolute atomic E-state index is 0.0408. The Morgan fingerprint density at radius 1 is 1.12 bits per heavy atom. The zero-order chi connectivity index (χ0) is 17.5. The Bertz CT molecular complexity index is 813. The van der Waals surface area contributed by atoms with E-state index in [2.05, 4.69) is 29.5 Å². The minimum Gasteiger partial charge on any atom is -0.325 e. The molecule has 1 amide bonds. The smallest absolute Gasteiger partial charge is 0.234 e. The lowest BCUT2D eigenvalue weighted by Crippen LogP contribution is -2.15. The first-order chi connectivity index (χ1) is 12.3. The van der Waals surface area contributed by atoms with E-state index in [0.29, 0.717) is 5.75 Å². The standard InChI is InChI=1S/C20H21N3OS/c1-2-17-6-3-4-7-19(17)22-20(24)15-25-14-16-8-10-18(11-9-16)23-13-5-12-21-23/h3-13H,2,14-15H2,1H3,(H,22,24). The lowest BCUT2D eigenvalue weighted by atomic mass is 10.1. The summed E-state index contributed by atoms with van der Waals surface area (Å²) < 4.78 is 1.83. The molecule has 1 aromatic heterocycles. The number of hydrogen-bond donors (Lipinski definition) is 1. The van der Waals surface area contributed by atoms with Crippen LogP contribution in [0.2, 0.25) is 0 Å². The van der Waals surface area contributed by atoms with E-state index in [0.717, 1.165) is 29.1 Å². The van der Waals surface area contributed by atoms with E-state index in [1.807, 2.05) is 53.3 Å². The normalized spacial score (nSPS) is 10.6. The van der Waals surface area contributed by atoms with Gasteiger partial charge in [0.2, 0.25) is 5.91 Å². The third-order valence-electron chi connectivity index (χ3n) is 3.88. The number of aromatic nitrogens is 2. The number of carbonyl (C=O) groups is 1. The average Bonchev–Trinajstić information content (AvgIpc) is 3.17. The molecule has 1 N–H and O–H groups in total. The summed E-state index contributed by atoms with van der Waals surface area (Å²) in [5.74, 6) is 1.29. The monoisotopic (exact) mass is 351 g/mol. The fourth-order valence-corrected chi connectivity index (χ4v) is 3.35. The van der Waals surface area contributed by atoms with E-state index in [-0.39, 0.29) is 5.91 Å². The van der Waals surface area contributed by atoms with Gasteiger partial charge >= 0.3 is 0 Å². The number of rotatable bonds is 7. The van der Waals surface area contributed by atoms with Gasteiger partial charge in [-0.05, 0) is 41.8 Å². The number of thioether (sulfide) groups is 1. The van der Waals surface area contributed by atoms with Crippen molar-refractivity contribution in [3.8, 4) is 5.69 Å². The van der Waals surface area contributed by atoms with Crippen molar-refractivity contribution >= 4 is 23.4 Å². The average molecular weight is 351 g/mol. The van der Waals surface area contributed by atoms with Crippen LogP contribution in [0.1, 0.15) is 18.1 Å². The van der Waals surface area contributed by atoms with Crippen LogP contribution in [-0.2, 0) is 17.0 Å². The predicted molar refractivity (Wildman–Crippen MR) is 104 cm³/mol. The molecule has 3 aromatic rings. The summed E-state index contributed by atoms with van der Waals surface area (Å²) in [6, 6.07) is 18.1. The highest BCUT2D eigenvalue weighted by Crippen LogP contribution is 2.18. The van der Waals surface area contributed by atoms with Crippen LogP contribution in [0.5, 0.6) is 0 Å². The van der Waals surface area contributed by atoms with E-state index in [4.69, 9.17) is 0 Å². The van der Waals surface area contributed by atoms with Crippen molar-refractivity contribution < 1.29 is 4.79 Å². The first-order valence-corrected chi connectivity index (χ1v) is 9.46. The number of hydrogen-bond acceptors (Lipinski definition) is 3. The SMILES string of the molecule is CCc1ccccc1NC(=O)CSCc1ccc(-n2cccn2)cc1. The van der Waals surface area contributed by atoms with Gasteiger partial charge in [0, 0.05) is 23.8 Å². The molecule has 5 heteroatoms. The summed E-state index contributed by atoms with van der Waals surface area (Å²) in [5, 5.41) is 7.22. The molecule has 0 saturated heterocycles. The lowest BCUT2D eigenvalue weighted by molar-refractivity contribution is -0.113. The molecule has 25 heavy (non-hydrogen) atoms. The zero-order valence-electron chi connectivity index (χ0n) is 14.2. The third kappa shape index (κ3) is 4.73. The van der Waals surface area contributed by atoms with Crippen LogP contribution >= 0.6 is 11.8 Å². The first-order valence-electron chi connectivity index (χ1n) is 8.30. The lowest BCUT2D eigenvalue weighted by Gasteiger charge is -2.09. The quantitative estimate of drug-likeness (QED) is 0.690. The van der Waals surface area contributed by atoms with Crippen molar-refractivity contribution in [3.63, 3.8) is 0 Å². The molecule has 0 saturated carbocycles. The van der Waals surface area contributed by atoms with Crippen molar-refractivity contribution in [2.24, 2.45) is 0 Å². The summed E-state index contributed by atoms with van der Waals surface area (Å²) in [4.78, 5) is 12.1. The molecule has 0 atom stereocenters. The van der Waals surface area contributed by atoms with Gasteiger partial charge in [0.15, 0.2) is 0 Å². The van der Waals surface area contributed by atoms with Gasteiger partial charge in [-0.2, -0.15) is 5.10 Å². The molecule has 0 aliphatic rings. The topological polar surface area (TPSA) is 46.9 Å². The van der Waals surface area contributed by atoms with Gasteiger partial charge in [0.05, 0.1) is 11.4 Å². The number of benzene rings is 2. The highest BCUT2D eigenvalue weighted by Gasteiger charge is 2.06. The Labute approximate surface area is 152 Å². The maximum Gasteiger partial charge on any atom is 0.234 e. The summed E-state index contributed by atoms with van der Waals surface area (Å²) >= 11 is 1.62. The predicted octanol–water partition coefficient (Wildman–Crippen LogP) is 4.31. The largest absolute Gasteiger partial charge is 0.325 e. The van der Waals surface area contributed by atoms with Crippen molar-refractivity contribution in [3.05, 3.63) is 78.1 Å². The fourth-order valence-electron chi connectivity index (χ4n) is 2.56. The number of nitrogens with zero attached hydrogens (tertiary/aromatic N) is 2. The molecule has 3 rings (SSSR count). The number of amides is 1. The van der Waals surface area contributed by atoms with Crippen LogP contribution in [0.25, 0.3) is 5.69 Å². The van der Waals surface area contributed by atoms with Crippen LogP contribution < -0.4 is 5.32 Å². The second-order valence-electron chi connectivity index (χ2n) is 5.67. The van der Waals surface area contributed by atoms with E-state index >= 15 is 0 Å². The molecule has 0 aliphatic carbocycles. The molecule has 0 unspecified atom stereocenters. The molecule has 2 aromatic carbocycles. The Kier molecular flexibility index (Phi) is 5.90. The molecule has 128 valence electrons. The Balaban J connectivity index is 1.48.